The van der Waals surface area contributed by atoms with Crippen molar-refractivity contribution >= 4 is 28.1 Å². The van der Waals surface area contributed by atoms with Gasteiger partial charge in [0.15, 0.2) is 5.13 Å². The van der Waals surface area contributed by atoms with E-state index in [0.29, 0.717) is 16.5 Å². The highest BCUT2D eigenvalue weighted by Crippen LogP contribution is 2.29. The van der Waals surface area contributed by atoms with Crippen molar-refractivity contribution in [3.63, 3.8) is 0 Å². The fraction of sp³-hybridized carbons (Fsp3) is 0.308. The van der Waals surface area contributed by atoms with E-state index in [1.807, 2.05) is 0 Å². The van der Waals surface area contributed by atoms with Gasteiger partial charge in [0.1, 0.15) is 5.69 Å². The zero-order valence-corrected chi connectivity index (χ0v) is 11.2. The molecular weight excluding hydrogens is 260 g/mol. The lowest BCUT2D eigenvalue weighted by atomic mass is 10.0. The molecule has 19 heavy (non-hydrogen) atoms. The minimum absolute atomic E-state index is 0.265. The Labute approximate surface area is 114 Å². The van der Waals surface area contributed by atoms with Crippen molar-refractivity contribution in [1.29, 1.82) is 0 Å². The molecule has 0 saturated heterocycles. The zero-order valence-electron chi connectivity index (χ0n) is 10.3. The van der Waals surface area contributed by atoms with Gasteiger partial charge in [0.25, 0.3) is 5.91 Å². The summed E-state index contributed by atoms with van der Waals surface area (Å²) < 4.78 is 0. The molecule has 1 aliphatic carbocycles. The SMILES string of the molecule is Nc1ccnc(C(=O)Nc2nc3c(s2)CCCC3)c1. The molecule has 3 rings (SSSR count). The molecule has 2 heterocycles. The standard InChI is InChI=1S/C13H14N4OS/c14-8-5-6-15-10(7-8)12(18)17-13-16-9-3-1-2-4-11(9)19-13/h5-7H,1-4H2,(H2,14,15)(H,16,17,18). The molecule has 0 spiro atoms. The summed E-state index contributed by atoms with van der Waals surface area (Å²) in [4.78, 5) is 21.8. The van der Waals surface area contributed by atoms with Gasteiger partial charge in [-0.15, -0.1) is 11.3 Å². The second kappa shape index (κ2) is 4.97. The van der Waals surface area contributed by atoms with Crippen LogP contribution in [0.25, 0.3) is 0 Å². The molecule has 5 nitrogen and oxygen atoms in total. The summed E-state index contributed by atoms with van der Waals surface area (Å²) in [5, 5.41) is 3.45. The molecule has 2 aromatic rings. The van der Waals surface area contributed by atoms with E-state index in [1.165, 1.54) is 23.9 Å². The number of aromatic nitrogens is 2. The fourth-order valence-electron chi connectivity index (χ4n) is 2.14. The first-order valence-corrected chi connectivity index (χ1v) is 7.05. The molecule has 0 atom stereocenters. The second-order valence-electron chi connectivity index (χ2n) is 4.52. The third-order valence-electron chi connectivity index (χ3n) is 3.08. The van der Waals surface area contributed by atoms with E-state index in [1.54, 1.807) is 23.5 Å². The maximum atomic E-state index is 12.0. The average Bonchev–Trinajstić information content (AvgIpc) is 2.80. The summed E-state index contributed by atoms with van der Waals surface area (Å²) in [7, 11) is 0. The van der Waals surface area contributed by atoms with E-state index in [2.05, 4.69) is 15.3 Å². The predicted molar refractivity (Wildman–Crippen MR) is 75.4 cm³/mol. The molecule has 1 aliphatic rings. The number of aryl methyl sites for hydroxylation is 2. The van der Waals surface area contributed by atoms with Crippen molar-refractivity contribution in [3.8, 4) is 0 Å². The van der Waals surface area contributed by atoms with Crippen molar-refractivity contribution < 1.29 is 4.79 Å². The summed E-state index contributed by atoms with van der Waals surface area (Å²) >= 11 is 1.56. The maximum Gasteiger partial charge on any atom is 0.276 e. The van der Waals surface area contributed by atoms with Crippen LogP contribution in [0.2, 0.25) is 0 Å². The molecule has 2 aromatic heterocycles. The van der Waals surface area contributed by atoms with Crippen molar-refractivity contribution in [3.05, 3.63) is 34.6 Å². The molecule has 1 amide bonds. The third kappa shape index (κ3) is 2.58. The summed E-state index contributed by atoms with van der Waals surface area (Å²) in [5.41, 5.74) is 7.61. The molecule has 0 aliphatic heterocycles. The van der Waals surface area contributed by atoms with Gasteiger partial charge in [0.2, 0.25) is 0 Å². The van der Waals surface area contributed by atoms with Crippen molar-refractivity contribution in [2.75, 3.05) is 11.1 Å². The van der Waals surface area contributed by atoms with Crippen LogP contribution in [0, 0.1) is 0 Å². The Morgan fingerprint density at radius 1 is 1.37 bits per heavy atom. The number of nitrogens with zero attached hydrogens (tertiary/aromatic N) is 2. The predicted octanol–water partition coefficient (Wildman–Crippen LogP) is 2.25. The first kappa shape index (κ1) is 12.1. The molecule has 0 fully saturated rings. The Morgan fingerprint density at radius 2 is 2.21 bits per heavy atom. The number of nitrogens with one attached hydrogen (secondary N) is 1. The number of carbonyl (C=O) groups excluding carboxylic acids is 1. The van der Waals surface area contributed by atoms with E-state index < -0.39 is 0 Å². The van der Waals surface area contributed by atoms with E-state index in [9.17, 15) is 4.79 Å². The number of amides is 1. The lowest BCUT2D eigenvalue weighted by Gasteiger charge is -2.06. The van der Waals surface area contributed by atoms with Crippen LogP contribution < -0.4 is 11.1 Å². The molecule has 3 N–H and O–H groups in total. The molecular formula is C13H14N4OS. The first-order valence-electron chi connectivity index (χ1n) is 6.24. The van der Waals surface area contributed by atoms with E-state index in [-0.39, 0.29) is 5.91 Å². The first-order chi connectivity index (χ1) is 9.22. The van der Waals surface area contributed by atoms with Crippen LogP contribution in [0.15, 0.2) is 18.3 Å². The largest absolute Gasteiger partial charge is 0.399 e. The Kier molecular flexibility index (Phi) is 3.16. The number of carbonyl (C=O) groups is 1. The number of fused-ring (bicyclic) bond motifs is 1. The van der Waals surface area contributed by atoms with Gasteiger partial charge in [-0.05, 0) is 37.8 Å². The van der Waals surface area contributed by atoms with Gasteiger partial charge in [-0.25, -0.2) is 4.98 Å². The van der Waals surface area contributed by atoms with E-state index >= 15 is 0 Å². The Hall–Kier alpha value is -1.95. The summed E-state index contributed by atoms with van der Waals surface area (Å²) in [6.07, 6.45) is 6.00. The number of rotatable bonds is 2. The van der Waals surface area contributed by atoms with Gasteiger partial charge < -0.3 is 5.73 Å². The minimum Gasteiger partial charge on any atom is -0.399 e. The molecule has 0 bridgehead atoms. The van der Waals surface area contributed by atoms with Gasteiger partial charge in [0.05, 0.1) is 5.69 Å². The molecule has 0 radical (unpaired) electrons. The van der Waals surface area contributed by atoms with Crippen LogP contribution in [0.5, 0.6) is 0 Å². The van der Waals surface area contributed by atoms with Crippen molar-refractivity contribution in [2.24, 2.45) is 0 Å². The van der Waals surface area contributed by atoms with Crippen LogP contribution in [-0.2, 0) is 12.8 Å². The smallest absolute Gasteiger partial charge is 0.276 e. The summed E-state index contributed by atoms with van der Waals surface area (Å²) in [5.74, 6) is -0.265. The van der Waals surface area contributed by atoms with Gasteiger partial charge in [-0.1, -0.05) is 0 Å². The number of hydrogen-bond acceptors (Lipinski definition) is 5. The average molecular weight is 274 g/mol. The molecule has 0 aromatic carbocycles. The highest BCUT2D eigenvalue weighted by molar-refractivity contribution is 7.15. The van der Waals surface area contributed by atoms with Crippen molar-refractivity contribution in [2.45, 2.75) is 25.7 Å². The highest BCUT2D eigenvalue weighted by atomic mass is 32.1. The maximum absolute atomic E-state index is 12.0. The van der Waals surface area contributed by atoms with Crippen LogP contribution >= 0.6 is 11.3 Å². The van der Waals surface area contributed by atoms with E-state index in [4.69, 9.17) is 5.73 Å². The Balaban J connectivity index is 1.77. The van der Waals surface area contributed by atoms with Gasteiger partial charge in [-0.3, -0.25) is 15.1 Å². The van der Waals surface area contributed by atoms with Crippen LogP contribution in [0.4, 0.5) is 10.8 Å². The quantitative estimate of drug-likeness (QED) is 0.880. The van der Waals surface area contributed by atoms with Crippen LogP contribution in [-0.4, -0.2) is 15.9 Å². The number of pyridine rings is 1. The highest BCUT2D eigenvalue weighted by Gasteiger charge is 2.17. The fourth-order valence-corrected chi connectivity index (χ4v) is 3.18. The summed E-state index contributed by atoms with van der Waals surface area (Å²) in [6.45, 7) is 0. The van der Waals surface area contributed by atoms with Crippen LogP contribution in [0.1, 0.15) is 33.9 Å². The Morgan fingerprint density at radius 3 is 3.00 bits per heavy atom. The van der Waals surface area contributed by atoms with Crippen molar-refractivity contribution in [1.82, 2.24) is 9.97 Å². The molecule has 0 unspecified atom stereocenters. The number of thiazole rings is 1. The number of hydrogen-bond donors (Lipinski definition) is 2. The van der Waals surface area contributed by atoms with Gasteiger partial charge in [0, 0.05) is 16.8 Å². The van der Waals surface area contributed by atoms with E-state index in [0.717, 1.165) is 18.5 Å². The monoisotopic (exact) mass is 274 g/mol. The second-order valence-corrected chi connectivity index (χ2v) is 5.61. The Bertz CT molecular complexity index is 599. The summed E-state index contributed by atoms with van der Waals surface area (Å²) in [6, 6.07) is 3.21. The normalized spacial score (nSPS) is 13.9. The minimum atomic E-state index is -0.265. The van der Waals surface area contributed by atoms with Gasteiger partial charge in [-0.2, -0.15) is 0 Å². The lowest BCUT2D eigenvalue weighted by molar-refractivity contribution is 0.102. The van der Waals surface area contributed by atoms with Crippen LogP contribution in [0.3, 0.4) is 0 Å². The number of nitrogen functional groups attached to an aromatic ring is 1. The number of nitrogens with two attached hydrogens (primary N) is 1. The number of anilines is 2. The molecule has 0 saturated carbocycles. The third-order valence-corrected chi connectivity index (χ3v) is 4.16. The molecule has 6 heteroatoms. The molecule has 98 valence electrons. The zero-order chi connectivity index (χ0) is 13.2. The topological polar surface area (TPSA) is 80.9 Å². The van der Waals surface area contributed by atoms with Gasteiger partial charge >= 0.3 is 0 Å². The lowest BCUT2D eigenvalue weighted by Crippen LogP contribution is -2.13.